The van der Waals surface area contributed by atoms with E-state index in [4.69, 9.17) is 0 Å². The average Bonchev–Trinajstić information content (AvgIpc) is 2.14. The van der Waals surface area contributed by atoms with Gasteiger partial charge in [-0.3, -0.25) is 5.32 Å². The van der Waals surface area contributed by atoms with E-state index in [0.29, 0.717) is 4.99 Å². The van der Waals surface area contributed by atoms with Crippen LogP contribution in [0.15, 0.2) is 0 Å². The lowest BCUT2D eigenvalue weighted by Gasteiger charge is -1.79. The third kappa shape index (κ3) is 0.865. The molecule has 0 bridgehead atoms. The van der Waals surface area contributed by atoms with Gasteiger partial charge in [0.2, 0.25) is 0 Å². The van der Waals surface area contributed by atoms with Crippen LogP contribution in [0.5, 0.6) is 0 Å². The van der Waals surface area contributed by atoms with Gasteiger partial charge in [0.1, 0.15) is 17.9 Å². The minimum atomic E-state index is -0.539. The van der Waals surface area contributed by atoms with Crippen molar-refractivity contribution >= 4 is 22.3 Å². The third-order valence-electron chi connectivity index (χ3n) is 0.676. The number of cyclic esters (lactones) is 1. The molecule has 1 heterocycles. The normalized spacial score (nSPS) is 17.5. The fourth-order valence-corrected chi connectivity index (χ4v) is 0.594. The van der Waals surface area contributed by atoms with Crippen molar-refractivity contribution in [1.29, 1.82) is 0 Å². The number of nitrogens with one attached hydrogen (secondary N) is 1. The lowest BCUT2D eigenvalue weighted by molar-refractivity contribution is 0.180. The van der Waals surface area contributed by atoms with Crippen LogP contribution in [-0.4, -0.2) is 21.9 Å². The van der Waals surface area contributed by atoms with Crippen molar-refractivity contribution in [3.8, 4) is 0 Å². The van der Waals surface area contributed by atoms with Gasteiger partial charge in [-0.1, -0.05) is 0 Å². The summed E-state index contributed by atoms with van der Waals surface area (Å²) in [7, 11) is 0. The van der Waals surface area contributed by atoms with Gasteiger partial charge in [-0.05, 0) is 0 Å². The van der Waals surface area contributed by atoms with E-state index < -0.39 is 6.09 Å². The minimum absolute atomic E-state index is 0.104. The number of carbonyl (C=O) groups is 1. The topological polar surface area (TPSA) is 55.4 Å². The molecule has 0 aromatic heterocycles. The van der Waals surface area contributed by atoms with Crippen LogP contribution in [0.25, 0.3) is 0 Å². The van der Waals surface area contributed by atoms with Crippen molar-refractivity contribution in [3.63, 3.8) is 0 Å². The van der Waals surface area contributed by atoms with Gasteiger partial charge in [0, 0.05) is 0 Å². The number of carbonyl (C=O) groups excluding carboxylic acids is 1. The molecule has 4 nitrogen and oxygen atoms in total. The molecule has 1 N–H and O–H groups in total. The molecule has 1 aliphatic heterocycles. The van der Waals surface area contributed by atoms with Crippen LogP contribution in [0.2, 0.25) is 0 Å². The Kier molecular flexibility index (Phi) is 1.29. The summed E-state index contributed by atoms with van der Waals surface area (Å²) in [5, 5.41) is 2.21. The summed E-state index contributed by atoms with van der Waals surface area (Å²) in [6.07, 6.45) is -0.539. The number of hydrogen-bond donors (Lipinski definition) is 1. The van der Waals surface area contributed by atoms with Crippen LogP contribution in [0, 0.1) is 0 Å². The summed E-state index contributed by atoms with van der Waals surface area (Å²) in [4.78, 5) is 10.4. The Morgan fingerprint density at radius 1 is 1.75 bits per heavy atom. The Labute approximate surface area is 48.9 Å². The van der Waals surface area contributed by atoms with E-state index in [9.17, 15) is 9.00 Å². The summed E-state index contributed by atoms with van der Waals surface area (Å²) < 4.78 is 14.2. The fourth-order valence-electron chi connectivity index (χ4n) is 0.362. The Bertz CT molecular complexity index is 171. The second-order valence-electron chi connectivity index (χ2n) is 1.21. The Morgan fingerprint density at radius 2 is 2.50 bits per heavy atom. The first-order valence-corrected chi connectivity index (χ1v) is 2.66. The van der Waals surface area contributed by atoms with Crippen molar-refractivity contribution in [2.24, 2.45) is 0 Å². The van der Waals surface area contributed by atoms with Gasteiger partial charge in [-0.25, -0.2) is 9.00 Å². The van der Waals surface area contributed by atoms with E-state index in [1.54, 1.807) is 0 Å². The highest BCUT2D eigenvalue weighted by Crippen LogP contribution is 1.86. The van der Waals surface area contributed by atoms with E-state index in [0.717, 1.165) is 0 Å². The largest absolute Gasteiger partial charge is 0.442 e. The standard InChI is InChI=1S/C3H3NO3S/c5-3-4-2(8-6)1-7-3/h1H2,(H,4,5). The van der Waals surface area contributed by atoms with Gasteiger partial charge in [-0.15, -0.1) is 0 Å². The summed E-state index contributed by atoms with van der Waals surface area (Å²) >= 11 is 0.246. The Balaban J connectivity index is 2.70. The molecule has 0 aliphatic carbocycles. The first-order valence-electron chi connectivity index (χ1n) is 1.92. The fraction of sp³-hybridized carbons (Fsp3) is 0.333. The Morgan fingerprint density at radius 3 is 2.75 bits per heavy atom. The predicted octanol–water partition coefficient (Wildman–Crippen LogP) is -0.931. The summed E-state index contributed by atoms with van der Waals surface area (Å²) in [5.41, 5.74) is 0. The van der Waals surface area contributed by atoms with E-state index in [-0.39, 0.29) is 17.9 Å². The van der Waals surface area contributed by atoms with Crippen LogP contribution in [0.4, 0.5) is 4.79 Å². The molecular formula is C3H3NO3S. The molecule has 0 unspecified atom stereocenters. The van der Waals surface area contributed by atoms with Gasteiger partial charge in [0.05, 0.1) is 0 Å². The van der Waals surface area contributed by atoms with Crippen molar-refractivity contribution in [2.45, 2.75) is 0 Å². The number of ether oxygens (including phenoxy) is 1. The molecule has 0 aromatic carbocycles. The molecule has 1 amide bonds. The van der Waals surface area contributed by atoms with Crippen molar-refractivity contribution in [2.75, 3.05) is 6.61 Å². The highest BCUT2D eigenvalue weighted by atomic mass is 32.1. The van der Waals surface area contributed by atoms with Crippen LogP contribution in [-0.2, 0) is 16.0 Å². The summed E-state index contributed by atoms with van der Waals surface area (Å²) in [5.74, 6) is 0. The number of hydrogen-bond acceptors (Lipinski definition) is 3. The molecule has 1 rings (SSSR count). The Hall–Kier alpha value is -0.840. The lowest BCUT2D eigenvalue weighted by atomic mass is 10.7. The second kappa shape index (κ2) is 1.95. The maximum Gasteiger partial charge on any atom is 0.412 e. The van der Waals surface area contributed by atoms with Gasteiger partial charge >= 0.3 is 6.09 Å². The molecular weight excluding hydrogens is 130 g/mol. The second-order valence-corrected chi connectivity index (χ2v) is 1.87. The minimum Gasteiger partial charge on any atom is -0.442 e. The lowest BCUT2D eigenvalue weighted by Crippen LogP contribution is -2.19. The van der Waals surface area contributed by atoms with Crippen LogP contribution in [0.3, 0.4) is 0 Å². The first kappa shape index (κ1) is 5.30. The average molecular weight is 133 g/mol. The van der Waals surface area contributed by atoms with Crippen LogP contribution >= 0.6 is 0 Å². The summed E-state index contributed by atoms with van der Waals surface area (Å²) in [6.45, 7) is 0.104. The van der Waals surface area contributed by atoms with E-state index >= 15 is 0 Å². The zero-order valence-corrected chi connectivity index (χ0v) is 4.66. The zero-order chi connectivity index (χ0) is 5.98. The third-order valence-corrected chi connectivity index (χ3v) is 1.10. The molecule has 1 fully saturated rings. The van der Waals surface area contributed by atoms with Gasteiger partial charge in [-0.2, -0.15) is 0 Å². The number of rotatable bonds is 0. The molecule has 0 radical (unpaired) electrons. The van der Waals surface area contributed by atoms with Crippen molar-refractivity contribution in [1.82, 2.24) is 5.32 Å². The van der Waals surface area contributed by atoms with E-state index in [1.807, 2.05) is 0 Å². The van der Waals surface area contributed by atoms with E-state index in [2.05, 4.69) is 10.1 Å². The van der Waals surface area contributed by atoms with Gasteiger partial charge < -0.3 is 4.74 Å². The zero-order valence-electron chi connectivity index (χ0n) is 3.84. The molecule has 1 saturated heterocycles. The molecule has 0 spiro atoms. The maximum absolute atomic E-state index is 10.1. The quantitative estimate of drug-likeness (QED) is 0.434. The summed E-state index contributed by atoms with van der Waals surface area (Å²) in [6, 6.07) is 0. The molecule has 44 valence electrons. The van der Waals surface area contributed by atoms with E-state index in [1.165, 1.54) is 0 Å². The molecule has 0 aromatic rings. The molecule has 1 aliphatic rings. The molecule has 0 atom stereocenters. The maximum atomic E-state index is 10.1. The smallest absolute Gasteiger partial charge is 0.412 e. The van der Waals surface area contributed by atoms with Crippen molar-refractivity contribution in [3.05, 3.63) is 0 Å². The highest BCUT2D eigenvalue weighted by molar-refractivity contribution is 7.66. The predicted molar refractivity (Wildman–Crippen MR) is 27.6 cm³/mol. The van der Waals surface area contributed by atoms with Crippen molar-refractivity contribution < 1.29 is 13.7 Å². The SMILES string of the molecule is O=S=C1COC(=O)N1. The van der Waals surface area contributed by atoms with Crippen LogP contribution < -0.4 is 5.32 Å². The molecule has 5 heteroatoms. The van der Waals surface area contributed by atoms with Gasteiger partial charge in [0.15, 0.2) is 4.99 Å². The molecule has 0 saturated carbocycles. The molecule has 8 heavy (non-hydrogen) atoms. The number of amides is 1. The number of alkyl carbamates (subject to hydrolysis) is 1. The van der Waals surface area contributed by atoms with Gasteiger partial charge in [0.25, 0.3) is 0 Å². The van der Waals surface area contributed by atoms with Crippen LogP contribution in [0.1, 0.15) is 0 Å². The monoisotopic (exact) mass is 133 g/mol. The highest BCUT2D eigenvalue weighted by Gasteiger charge is 2.15. The first-order chi connectivity index (χ1) is 3.83.